The highest BCUT2D eigenvalue weighted by Crippen LogP contribution is 2.17. The molecule has 0 bridgehead atoms. The average molecular weight is 398 g/mol. The third-order valence-electron chi connectivity index (χ3n) is 5.33. The molecule has 0 atom stereocenters. The van der Waals surface area contributed by atoms with Crippen LogP contribution in [0, 0.1) is 19.7 Å². The maximum absolute atomic E-state index is 13.0. The standard InChI is InChI=1S/C23H27FN2O3/c1-16-3-8-21(13-17(16)2)29-15-22(27)25-20-9-11-26(12-10-20)23(28)14-18-4-6-19(24)7-5-18/h3-8,13,20H,9-12,14-15H2,1-2H3,(H,25,27). The Balaban J connectivity index is 1.39. The van der Waals surface area contributed by atoms with Crippen LogP contribution in [0.3, 0.4) is 0 Å². The van der Waals surface area contributed by atoms with Gasteiger partial charge >= 0.3 is 0 Å². The van der Waals surface area contributed by atoms with Crippen LogP contribution in [0.4, 0.5) is 4.39 Å². The van der Waals surface area contributed by atoms with Crippen molar-refractivity contribution in [1.29, 1.82) is 0 Å². The number of benzene rings is 2. The molecule has 2 aromatic carbocycles. The van der Waals surface area contributed by atoms with Crippen LogP contribution in [0.1, 0.15) is 29.5 Å². The number of carbonyl (C=O) groups is 2. The number of rotatable bonds is 6. The van der Waals surface area contributed by atoms with Gasteiger partial charge < -0.3 is 15.0 Å². The van der Waals surface area contributed by atoms with Crippen LogP contribution in [-0.4, -0.2) is 42.5 Å². The predicted octanol–water partition coefficient (Wildman–Crippen LogP) is 3.17. The maximum Gasteiger partial charge on any atom is 0.258 e. The van der Waals surface area contributed by atoms with Crippen molar-refractivity contribution >= 4 is 11.8 Å². The Morgan fingerprint density at radius 1 is 1.07 bits per heavy atom. The molecule has 1 heterocycles. The van der Waals surface area contributed by atoms with E-state index in [0.717, 1.165) is 11.1 Å². The first kappa shape index (κ1) is 20.8. The van der Waals surface area contributed by atoms with Crippen molar-refractivity contribution in [1.82, 2.24) is 10.2 Å². The molecule has 1 aliphatic rings. The zero-order valence-corrected chi connectivity index (χ0v) is 16.9. The topological polar surface area (TPSA) is 58.6 Å². The third-order valence-corrected chi connectivity index (χ3v) is 5.33. The minimum Gasteiger partial charge on any atom is -0.484 e. The summed E-state index contributed by atoms with van der Waals surface area (Å²) in [5.74, 6) is 0.252. The summed E-state index contributed by atoms with van der Waals surface area (Å²) < 4.78 is 18.5. The van der Waals surface area contributed by atoms with Crippen LogP contribution < -0.4 is 10.1 Å². The zero-order chi connectivity index (χ0) is 20.8. The second kappa shape index (κ2) is 9.54. The van der Waals surface area contributed by atoms with Crippen LogP contribution in [0.2, 0.25) is 0 Å². The van der Waals surface area contributed by atoms with Crippen molar-refractivity contribution in [3.05, 3.63) is 65.0 Å². The summed E-state index contributed by atoms with van der Waals surface area (Å²) in [6.07, 6.45) is 1.69. The number of nitrogens with one attached hydrogen (secondary N) is 1. The Labute approximate surface area is 170 Å². The first-order chi connectivity index (χ1) is 13.9. The maximum atomic E-state index is 13.0. The van der Waals surface area contributed by atoms with E-state index in [4.69, 9.17) is 4.74 Å². The van der Waals surface area contributed by atoms with Gasteiger partial charge in [-0.25, -0.2) is 4.39 Å². The fourth-order valence-electron chi connectivity index (χ4n) is 3.38. The van der Waals surface area contributed by atoms with Gasteiger partial charge in [-0.2, -0.15) is 0 Å². The number of likely N-dealkylation sites (tertiary alicyclic amines) is 1. The molecular formula is C23H27FN2O3. The van der Waals surface area contributed by atoms with Crippen molar-refractivity contribution in [3.63, 3.8) is 0 Å². The summed E-state index contributed by atoms with van der Waals surface area (Å²) in [6, 6.07) is 11.8. The number of halogens is 1. The number of hydrogen-bond donors (Lipinski definition) is 1. The molecular weight excluding hydrogens is 371 g/mol. The van der Waals surface area contributed by atoms with Crippen molar-refractivity contribution in [2.24, 2.45) is 0 Å². The molecule has 0 saturated carbocycles. The second-order valence-corrected chi connectivity index (χ2v) is 7.56. The van der Waals surface area contributed by atoms with Gasteiger partial charge in [0.1, 0.15) is 11.6 Å². The van der Waals surface area contributed by atoms with Gasteiger partial charge in [-0.3, -0.25) is 9.59 Å². The Bertz CT molecular complexity index is 859. The minimum atomic E-state index is -0.306. The molecule has 1 fully saturated rings. The molecule has 154 valence electrons. The molecule has 2 amide bonds. The number of ether oxygens (including phenoxy) is 1. The summed E-state index contributed by atoms with van der Waals surface area (Å²) >= 11 is 0. The van der Waals surface area contributed by atoms with Crippen molar-refractivity contribution < 1.29 is 18.7 Å². The van der Waals surface area contributed by atoms with E-state index in [1.165, 1.54) is 17.7 Å². The number of nitrogens with zero attached hydrogens (tertiary/aromatic N) is 1. The molecule has 5 nitrogen and oxygen atoms in total. The van der Waals surface area contributed by atoms with Gasteiger partial charge in [0.05, 0.1) is 6.42 Å². The molecule has 29 heavy (non-hydrogen) atoms. The highest BCUT2D eigenvalue weighted by molar-refractivity contribution is 5.79. The number of piperidine rings is 1. The predicted molar refractivity (Wildman–Crippen MR) is 109 cm³/mol. The van der Waals surface area contributed by atoms with Crippen molar-refractivity contribution in [3.8, 4) is 5.75 Å². The molecule has 0 radical (unpaired) electrons. The van der Waals surface area contributed by atoms with Gasteiger partial charge in [0.2, 0.25) is 5.91 Å². The molecule has 6 heteroatoms. The van der Waals surface area contributed by atoms with Crippen LogP contribution >= 0.6 is 0 Å². The van der Waals surface area contributed by atoms with Gasteiger partial charge in [0.15, 0.2) is 6.61 Å². The van der Waals surface area contributed by atoms with Crippen LogP contribution in [0.5, 0.6) is 5.75 Å². The highest BCUT2D eigenvalue weighted by atomic mass is 19.1. The smallest absolute Gasteiger partial charge is 0.258 e. The summed E-state index contributed by atoms with van der Waals surface area (Å²) in [5, 5.41) is 2.99. The van der Waals surface area contributed by atoms with E-state index in [1.807, 2.05) is 32.0 Å². The summed E-state index contributed by atoms with van der Waals surface area (Å²) in [7, 11) is 0. The van der Waals surface area contributed by atoms with E-state index < -0.39 is 0 Å². The normalized spacial score (nSPS) is 14.5. The third kappa shape index (κ3) is 6.04. The van der Waals surface area contributed by atoms with Crippen LogP contribution in [0.15, 0.2) is 42.5 Å². The Kier molecular flexibility index (Phi) is 6.86. The molecule has 0 unspecified atom stereocenters. The molecule has 0 spiro atoms. The SMILES string of the molecule is Cc1ccc(OCC(=O)NC2CCN(C(=O)Cc3ccc(F)cc3)CC2)cc1C. The molecule has 1 aliphatic heterocycles. The fourth-order valence-corrected chi connectivity index (χ4v) is 3.38. The fraction of sp³-hybridized carbons (Fsp3) is 0.391. The van der Waals surface area contributed by atoms with Crippen molar-refractivity contribution in [2.75, 3.05) is 19.7 Å². The number of amides is 2. The lowest BCUT2D eigenvalue weighted by Gasteiger charge is -2.32. The second-order valence-electron chi connectivity index (χ2n) is 7.56. The molecule has 3 rings (SSSR count). The van der Waals surface area contributed by atoms with E-state index in [2.05, 4.69) is 5.32 Å². The Morgan fingerprint density at radius 2 is 1.76 bits per heavy atom. The average Bonchev–Trinajstić information content (AvgIpc) is 2.71. The summed E-state index contributed by atoms with van der Waals surface area (Å²) in [4.78, 5) is 26.4. The molecule has 2 aromatic rings. The molecule has 1 saturated heterocycles. The lowest BCUT2D eigenvalue weighted by Crippen LogP contribution is -2.47. The van der Waals surface area contributed by atoms with E-state index in [0.29, 0.717) is 31.7 Å². The van der Waals surface area contributed by atoms with E-state index in [-0.39, 0.29) is 36.7 Å². The molecule has 0 aromatic heterocycles. The van der Waals surface area contributed by atoms with E-state index >= 15 is 0 Å². The summed E-state index contributed by atoms with van der Waals surface area (Å²) in [6.45, 7) is 5.22. The highest BCUT2D eigenvalue weighted by Gasteiger charge is 2.24. The lowest BCUT2D eigenvalue weighted by molar-refractivity contribution is -0.131. The zero-order valence-electron chi connectivity index (χ0n) is 16.9. The van der Waals surface area contributed by atoms with Crippen LogP contribution in [0.25, 0.3) is 0 Å². The first-order valence-electron chi connectivity index (χ1n) is 9.92. The van der Waals surface area contributed by atoms with E-state index in [1.54, 1.807) is 17.0 Å². The minimum absolute atomic E-state index is 0.0216. The first-order valence-corrected chi connectivity index (χ1v) is 9.92. The lowest BCUT2D eigenvalue weighted by atomic mass is 10.0. The quantitative estimate of drug-likeness (QED) is 0.813. The number of aryl methyl sites for hydroxylation is 2. The molecule has 1 N–H and O–H groups in total. The van der Waals surface area contributed by atoms with Gasteiger partial charge in [0.25, 0.3) is 5.91 Å². The number of hydrogen-bond acceptors (Lipinski definition) is 3. The van der Waals surface area contributed by atoms with Gasteiger partial charge in [-0.1, -0.05) is 18.2 Å². The summed E-state index contributed by atoms with van der Waals surface area (Å²) in [5.41, 5.74) is 3.11. The van der Waals surface area contributed by atoms with Gasteiger partial charge in [-0.15, -0.1) is 0 Å². The van der Waals surface area contributed by atoms with Gasteiger partial charge in [-0.05, 0) is 67.6 Å². The Morgan fingerprint density at radius 3 is 2.41 bits per heavy atom. The van der Waals surface area contributed by atoms with E-state index in [9.17, 15) is 14.0 Å². The Hall–Kier alpha value is -2.89. The molecule has 0 aliphatic carbocycles. The number of carbonyl (C=O) groups excluding carboxylic acids is 2. The van der Waals surface area contributed by atoms with Crippen LogP contribution in [-0.2, 0) is 16.0 Å². The van der Waals surface area contributed by atoms with Crippen molar-refractivity contribution in [2.45, 2.75) is 39.2 Å². The largest absolute Gasteiger partial charge is 0.484 e. The monoisotopic (exact) mass is 398 g/mol. The van der Waals surface area contributed by atoms with Gasteiger partial charge in [0, 0.05) is 19.1 Å².